The second-order valence-corrected chi connectivity index (χ2v) is 13.7. The summed E-state index contributed by atoms with van der Waals surface area (Å²) in [7, 11) is 1.75. The minimum absolute atomic E-state index is 0.230. The minimum Gasteiger partial charge on any atom is -0.383 e. The molecular formula is C44H43FN8O. The second-order valence-electron chi connectivity index (χ2n) is 13.7. The Morgan fingerprint density at radius 1 is 0.630 bits per heavy atom. The number of benzene rings is 5. The van der Waals surface area contributed by atoms with Gasteiger partial charge in [0.15, 0.2) is 0 Å². The fourth-order valence-electron chi connectivity index (χ4n) is 7.18. The fourth-order valence-corrected chi connectivity index (χ4v) is 7.18. The molecule has 272 valence electrons. The molecule has 54 heavy (non-hydrogen) atoms. The summed E-state index contributed by atoms with van der Waals surface area (Å²) in [6, 6.07) is 41.9. The number of anilines is 4. The summed E-state index contributed by atoms with van der Waals surface area (Å²) in [6.45, 7) is 4.62. The van der Waals surface area contributed by atoms with Crippen molar-refractivity contribution in [3.8, 4) is 0 Å². The molecule has 4 heterocycles. The van der Waals surface area contributed by atoms with E-state index < -0.39 is 0 Å². The highest BCUT2D eigenvalue weighted by molar-refractivity contribution is 5.91. The Labute approximate surface area is 314 Å². The van der Waals surface area contributed by atoms with Crippen molar-refractivity contribution >= 4 is 45.3 Å². The third-order valence-corrected chi connectivity index (χ3v) is 9.98. The molecule has 0 bridgehead atoms. The van der Waals surface area contributed by atoms with Crippen molar-refractivity contribution in [2.24, 2.45) is 0 Å². The molecule has 1 saturated heterocycles. The van der Waals surface area contributed by atoms with Gasteiger partial charge < -0.3 is 25.2 Å². The first-order valence-electron chi connectivity index (χ1n) is 18.5. The molecule has 5 aromatic carbocycles. The van der Waals surface area contributed by atoms with Gasteiger partial charge in [-0.1, -0.05) is 91.0 Å². The topological polar surface area (TPSA) is 91.3 Å². The van der Waals surface area contributed by atoms with Crippen LogP contribution < -0.4 is 20.4 Å². The Morgan fingerprint density at radius 3 is 1.80 bits per heavy atom. The fraction of sp³-hybridized carbons (Fsp3) is 0.227. The zero-order valence-electron chi connectivity index (χ0n) is 30.3. The van der Waals surface area contributed by atoms with Gasteiger partial charge in [-0.05, 0) is 71.5 Å². The minimum atomic E-state index is -0.230. The Kier molecular flexibility index (Phi) is 10.5. The summed E-state index contributed by atoms with van der Waals surface area (Å²) >= 11 is 0. The SMILES string of the molecule is COCC1CCCN1c1nc(NCc2ccccc2)c2ccccc2n1.Fc1ccc(CNc2nc(N3Cc4ccccc4C3)nc3ccccc23)cc1. The van der Waals surface area contributed by atoms with Crippen molar-refractivity contribution in [2.45, 2.75) is 45.1 Å². The lowest BCUT2D eigenvalue weighted by Gasteiger charge is -2.25. The van der Waals surface area contributed by atoms with Crippen molar-refractivity contribution in [3.63, 3.8) is 0 Å². The van der Waals surface area contributed by atoms with Gasteiger partial charge in [0.1, 0.15) is 17.5 Å². The first-order chi connectivity index (χ1) is 26.6. The predicted octanol–water partition coefficient (Wildman–Crippen LogP) is 8.76. The number of nitrogens with one attached hydrogen (secondary N) is 2. The zero-order valence-corrected chi connectivity index (χ0v) is 30.3. The Morgan fingerprint density at radius 2 is 1.17 bits per heavy atom. The molecule has 1 atom stereocenters. The van der Waals surface area contributed by atoms with Gasteiger partial charge >= 0.3 is 0 Å². The molecule has 1 fully saturated rings. The predicted molar refractivity (Wildman–Crippen MR) is 215 cm³/mol. The summed E-state index contributed by atoms with van der Waals surface area (Å²) in [6.07, 6.45) is 2.27. The maximum absolute atomic E-state index is 13.1. The van der Waals surface area contributed by atoms with E-state index in [9.17, 15) is 4.39 Å². The van der Waals surface area contributed by atoms with Crippen LogP contribution in [0.5, 0.6) is 0 Å². The van der Waals surface area contributed by atoms with Crippen LogP contribution in [0.25, 0.3) is 21.8 Å². The van der Waals surface area contributed by atoms with Crippen LogP contribution in [0.2, 0.25) is 0 Å². The maximum atomic E-state index is 13.1. The van der Waals surface area contributed by atoms with Crippen molar-refractivity contribution in [1.29, 1.82) is 0 Å². The lowest BCUT2D eigenvalue weighted by molar-refractivity contribution is 0.180. The summed E-state index contributed by atoms with van der Waals surface area (Å²) < 4.78 is 18.5. The van der Waals surface area contributed by atoms with Gasteiger partial charge in [0.25, 0.3) is 0 Å². The van der Waals surface area contributed by atoms with Crippen LogP contribution in [0.1, 0.15) is 35.1 Å². The van der Waals surface area contributed by atoms with Gasteiger partial charge in [-0.2, -0.15) is 9.97 Å². The van der Waals surface area contributed by atoms with E-state index >= 15 is 0 Å². The number of fused-ring (bicyclic) bond motifs is 3. The number of hydrogen-bond acceptors (Lipinski definition) is 9. The van der Waals surface area contributed by atoms with Gasteiger partial charge in [-0.3, -0.25) is 0 Å². The van der Waals surface area contributed by atoms with Gasteiger partial charge in [0, 0.05) is 50.6 Å². The second kappa shape index (κ2) is 16.3. The first kappa shape index (κ1) is 34.9. The van der Waals surface area contributed by atoms with E-state index in [-0.39, 0.29) is 5.82 Å². The molecule has 7 aromatic rings. The highest BCUT2D eigenvalue weighted by Gasteiger charge is 2.27. The van der Waals surface area contributed by atoms with Gasteiger partial charge in [-0.15, -0.1) is 0 Å². The standard InChI is InChI=1S/C23H19FN4.C21H24N4O/c24-19-11-9-16(10-12-19)13-25-22-20-7-3-4-8-21(20)26-23(27-22)28-14-17-5-1-2-6-18(17)15-28;1-26-15-17-10-7-13-25(17)21-23-19-12-6-5-11-18(19)20(24-21)22-14-16-8-3-2-4-9-16/h1-12H,13-15H2,(H,25,26,27);2-6,8-9,11-12,17H,7,10,13-15H2,1H3,(H,22,23,24). The Bertz CT molecular complexity index is 2310. The van der Waals surface area contributed by atoms with Crippen LogP contribution in [0, 0.1) is 5.82 Å². The lowest BCUT2D eigenvalue weighted by Crippen LogP contribution is -2.34. The van der Waals surface area contributed by atoms with Crippen molar-refractivity contribution in [1.82, 2.24) is 19.9 Å². The van der Waals surface area contributed by atoms with E-state index in [0.29, 0.717) is 19.2 Å². The number of ether oxygens (including phenoxy) is 1. The van der Waals surface area contributed by atoms with E-state index in [1.807, 2.05) is 42.5 Å². The molecule has 0 spiro atoms. The van der Waals surface area contributed by atoms with Gasteiger partial charge in [-0.25, -0.2) is 14.4 Å². The molecule has 0 aliphatic carbocycles. The molecular weight excluding hydrogens is 676 g/mol. The van der Waals surface area contributed by atoms with Gasteiger partial charge in [0.05, 0.1) is 23.7 Å². The van der Waals surface area contributed by atoms with E-state index in [4.69, 9.17) is 24.7 Å². The van der Waals surface area contributed by atoms with E-state index in [1.54, 1.807) is 19.2 Å². The van der Waals surface area contributed by atoms with Gasteiger partial charge in [0.2, 0.25) is 11.9 Å². The summed E-state index contributed by atoms with van der Waals surface area (Å²) in [5.41, 5.74) is 6.75. The number of halogens is 1. The molecule has 0 amide bonds. The highest BCUT2D eigenvalue weighted by Crippen LogP contribution is 2.31. The van der Waals surface area contributed by atoms with Crippen LogP contribution in [0.4, 0.5) is 27.9 Å². The summed E-state index contributed by atoms with van der Waals surface area (Å²) in [5.74, 6) is 2.96. The van der Waals surface area contributed by atoms with Crippen LogP contribution in [0.15, 0.2) is 127 Å². The van der Waals surface area contributed by atoms with E-state index in [1.165, 1.54) is 28.8 Å². The van der Waals surface area contributed by atoms with Crippen LogP contribution in [0.3, 0.4) is 0 Å². The molecule has 2 aromatic heterocycles. The number of hydrogen-bond donors (Lipinski definition) is 2. The summed E-state index contributed by atoms with van der Waals surface area (Å²) in [5, 5.41) is 8.94. The number of rotatable bonds is 10. The lowest BCUT2D eigenvalue weighted by atomic mass is 10.1. The average molecular weight is 719 g/mol. The van der Waals surface area contributed by atoms with Crippen LogP contribution in [-0.2, 0) is 30.9 Å². The normalized spacial score (nSPS) is 14.9. The molecule has 2 aliphatic rings. The van der Waals surface area contributed by atoms with E-state index in [2.05, 4.69) is 81.1 Å². The molecule has 1 unspecified atom stereocenters. The maximum Gasteiger partial charge on any atom is 0.228 e. The monoisotopic (exact) mass is 718 g/mol. The number of nitrogens with zero attached hydrogens (tertiary/aromatic N) is 6. The Balaban J connectivity index is 0.000000154. The molecule has 0 radical (unpaired) electrons. The Hall–Kier alpha value is -6.13. The molecule has 10 heteroatoms. The highest BCUT2D eigenvalue weighted by atomic mass is 19.1. The molecule has 0 saturated carbocycles. The number of para-hydroxylation sites is 2. The number of aromatic nitrogens is 4. The summed E-state index contributed by atoms with van der Waals surface area (Å²) in [4.78, 5) is 23.8. The molecule has 9 rings (SSSR count). The third kappa shape index (κ3) is 7.94. The first-order valence-corrected chi connectivity index (χ1v) is 18.5. The molecule has 2 N–H and O–H groups in total. The van der Waals surface area contributed by atoms with Crippen molar-refractivity contribution < 1.29 is 9.13 Å². The quantitative estimate of drug-likeness (QED) is 0.144. The smallest absolute Gasteiger partial charge is 0.228 e. The van der Waals surface area contributed by atoms with E-state index in [0.717, 1.165) is 89.9 Å². The average Bonchev–Trinajstić information content (AvgIpc) is 3.88. The van der Waals surface area contributed by atoms with Crippen LogP contribution >= 0.6 is 0 Å². The van der Waals surface area contributed by atoms with Crippen molar-refractivity contribution in [2.75, 3.05) is 40.7 Å². The number of methoxy groups -OCH3 is 1. The zero-order chi connectivity index (χ0) is 36.7. The molecule has 2 aliphatic heterocycles. The van der Waals surface area contributed by atoms with Crippen LogP contribution in [-0.4, -0.2) is 46.2 Å². The van der Waals surface area contributed by atoms with Crippen molar-refractivity contribution in [3.05, 3.63) is 155 Å². The third-order valence-electron chi connectivity index (χ3n) is 9.98. The largest absolute Gasteiger partial charge is 0.383 e. The molecule has 9 nitrogen and oxygen atoms in total.